The quantitative estimate of drug-likeness (QED) is 0.336. The first-order chi connectivity index (χ1) is 13.7. The molecule has 0 saturated carbocycles. The molecule has 0 aliphatic rings. The van der Waals surface area contributed by atoms with E-state index >= 15 is 0 Å². The van der Waals surface area contributed by atoms with Crippen molar-refractivity contribution in [3.8, 4) is 0 Å². The summed E-state index contributed by atoms with van der Waals surface area (Å²) in [6.45, 7) is 7.10. The SMILES string of the molecule is CCCCNC(=O)c1ccc(CN=C(NCC)NCCc2ccccc2)cc1. The van der Waals surface area contributed by atoms with Gasteiger partial charge in [0, 0.05) is 25.2 Å². The van der Waals surface area contributed by atoms with Crippen LogP contribution < -0.4 is 16.0 Å². The van der Waals surface area contributed by atoms with E-state index in [9.17, 15) is 4.79 Å². The van der Waals surface area contributed by atoms with Gasteiger partial charge in [0.25, 0.3) is 5.91 Å². The van der Waals surface area contributed by atoms with Crippen LogP contribution in [-0.4, -0.2) is 31.5 Å². The molecule has 0 spiro atoms. The standard InChI is InChI=1S/C23H32N4O/c1-3-5-16-25-22(28)21-13-11-20(12-14-21)18-27-23(24-4-2)26-17-15-19-9-7-6-8-10-19/h6-14H,3-5,15-18H2,1-2H3,(H,25,28)(H2,24,26,27). The second kappa shape index (κ2) is 12.5. The third-order valence-electron chi connectivity index (χ3n) is 4.34. The lowest BCUT2D eigenvalue weighted by Gasteiger charge is -2.11. The number of carbonyl (C=O) groups excluding carboxylic acids is 1. The average Bonchev–Trinajstić information content (AvgIpc) is 2.73. The summed E-state index contributed by atoms with van der Waals surface area (Å²) in [6, 6.07) is 18.1. The summed E-state index contributed by atoms with van der Waals surface area (Å²) >= 11 is 0. The lowest BCUT2D eigenvalue weighted by molar-refractivity contribution is 0.0953. The monoisotopic (exact) mass is 380 g/mol. The summed E-state index contributed by atoms with van der Waals surface area (Å²) in [7, 11) is 0. The third kappa shape index (κ3) is 7.82. The molecule has 3 N–H and O–H groups in total. The van der Waals surface area contributed by atoms with Crippen molar-refractivity contribution in [3.63, 3.8) is 0 Å². The van der Waals surface area contributed by atoms with Crippen molar-refractivity contribution in [2.45, 2.75) is 39.7 Å². The average molecular weight is 381 g/mol. The maximum atomic E-state index is 12.1. The zero-order chi connectivity index (χ0) is 20.0. The Morgan fingerprint density at radius 3 is 2.29 bits per heavy atom. The predicted molar refractivity (Wildman–Crippen MR) is 117 cm³/mol. The number of unbranched alkanes of at least 4 members (excludes halogenated alkanes) is 1. The van der Waals surface area contributed by atoms with Gasteiger partial charge in [-0.25, -0.2) is 4.99 Å². The Labute approximate surface area is 168 Å². The number of nitrogens with zero attached hydrogens (tertiary/aromatic N) is 1. The summed E-state index contributed by atoms with van der Waals surface area (Å²) < 4.78 is 0. The highest BCUT2D eigenvalue weighted by Crippen LogP contribution is 2.06. The molecule has 0 unspecified atom stereocenters. The van der Waals surface area contributed by atoms with E-state index in [4.69, 9.17) is 0 Å². The number of hydrogen-bond donors (Lipinski definition) is 3. The molecule has 5 nitrogen and oxygen atoms in total. The molecule has 0 aliphatic heterocycles. The second-order valence-electron chi connectivity index (χ2n) is 6.66. The van der Waals surface area contributed by atoms with Crippen molar-refractivity contribution in [2.24, 2.45) is 4.99 Å². The molecule has 2 rings (SSSR count). The smallest absolute Gasteiger partial charge is 0.251 e. The van der Waals surface area contributed by atoms with E-state index in [2.05, 4.69) is 59.1 Å². The van der Waals surface area contributed by atoms with Crippen molar-refractivity contribution in [1.29, 1.82) is 0 Å². The molecule has 150 valence electrons. The van der Waals surface area contributed by atoms with Crippen molar-refractivity contribution < 1.29 is 4.79 Å². The summed E-state index contributed by atoms with van der Waals surface area (Å²) in [6.07, 6.45) is 3.03. The van der Waals surface area contributed by atoms with Crippen molar-refractivity contribution in [1.82, 2.24) is 16.0 Å². The van der Waals surface area contributed by atoms with Crippen LogP contribution in [0.2, 0.25) is 0 Å². The highest BCUT2D eigenvalue weighted by molar-refractivity contribution is 5.94. The molecule has 1 amide bonds. The van der Waals surface area contributed by atoms with Crippen LogP contribution in [0, 0.1) is 0 Å². The maximum absolute atomic E-state index is 12.1. The molecule has 0 saturated heterocycles. The number of benzene rings is 2. The van der Waals surface area contributed by atoms with E-state index in [0.29, 0.717) is 12.1 Å². The van der Waals surface area contributed by atoms with E-state index in [1.165, 1.54) is 5.56 Å². The number of rotatable bonds is 10. The highest BCUT2D eigenvalue weighted by Gasteiger charge is 2.04. The summed E-state index contributed by atoms with van der Waals surface area (Å²) in [5, 5.41) is 9.58. The minimum atomic E-state index is -0.0144. The zero-order valence-corrected chi connectivity index (χ0v) is 17.0. The van der Waals surface area contributed by atoms with Gasteiger partial charge in [-0.3, -0.25) is 4.79 Å². The Bertz CT molecular complexity index is 726. The fraction of sp³-hybridized carbons (Fsp3) is 0.391. The van der Waals surface area contributed by atoms with Gasteiger partial charge in [-0.1, -0.05) is 55.8 Å². The van der Waals surface area contributed by atoms with Crippen molar-refractivity contribution in [3.05, 3.63) is 71.3 Å². The first-order valence-electron chi connectivity index (χ1n) is 10.2. The van der Waals surface area contributed by atoms with Crippen LogP contribution in [0.1, 0.15) is 48.2 Å². The fourth-order valence-electron chi connectivity index (χ4n) is 2.72. The van der Waals surface area contributed by atoms with Crippen LogP contribution in [0.25, 0.3) is 0 Å². The van der Waals surface area contributed by atoms with E-state index in [-0.39, 0.29) is 5.91 Å². The topological polar surface area (TPSA) is 65.5 Å². The lowest BCUT2D eigenvalue weighted by Crippen LogP contribution is -2.38. The van der Waals surface area contributed by atoms with Crippen LogP contribution in [0.4, 0.5) is 0 Å². The van der Waals surface area contributed by atoms with E-state index < -0.39 is 0 Å². The Morgan fingerprint density at radius 2 is 1.61 bits per heavy atom. The minimum absolute atomic E-state index is 0.0144. The Kier molecular flexibility index (Phi) is 9.62. The van der Waals surface area contributed by atoms with Crippen LogP contribution in [0.3, 0.4) is 0 Å². The first kappa shape index (κ1) is 21.5. The molecule has 2 aromatic rings. The molecule has 5 heteroatoms. The Balaban J connectivity index is 1.84. The number of carbonyl (C=O) groups is 1. The maximum Gasteiger partial charge on any atom is 0.251 e. The Morgan fingerprint density at radius 1 is 0.857 bits per heavy atom. The molecular formula is C23H32N4O. The van der Waals surface area contributed by atoms with Gasteiger partial charge in [-0.2, -0.15) is 0 Å². The number of hydrogen-bond acceptors (Lipinski definition) is 2. The van der Waals surface area contributed by atoms with E-state index in [1.54, 1.807) is 0 Å². The fourth-order valence-corrected chi connectivity index (χ4v) is 2.72. The number of nitrogens with one attached hydrogen (secondary N) is 3. The molecule has 0 bridgehead atoms. The van der Waals surface area contributed by atoms with Gasteiger partial charge < -0.3 is 16.0 Å². The van der Waals surface area contributed by atoms with Crippen LogP contribution in [0.15, 0.2) is 59.6 Å². The van der Waals surface area contributed by atoms with Crippen LogP contribution in [-0.2, 0) is 13.0 Å². The third-order valence-corrected chi connectivity index (χ3v) is 4.34. The molecule has 0 heterocycles. The molecule has 0 aliphatic carbocycles. The van der Waals surface area contributed by atoms with Gasteiger partial charge in [0.2, 0.25) is 0 Å². The normalized spacial score (nSPS) is 11.1. The summed E-state index contributed by atoms with van der Waals surface area (Å²) in [5.74, 6) is 0.791. The Hall–Kier alpha value is -2.82. The van der Waals surface area contributed by atoms with Crippen LogP contribution >= 0.6 is 0 Å². The number of aliphatic imine (C=N–C) groups is 1. The summed E-state index contributed by atoms with van der Waals surface area (Å²) in [4.78, 5) is 16.7. The molecular weight excluding hydrogens is 348 g/mol. The molecule has 0 aromatic heterocycles. The van der Waals surface area contributed by atoms with Gasteiger partial charge in [0.1, 0.15) is 0 Å². The van der Waals surface area contributed by atoms with Crippen molar-refractivity contribution in [2.75, 3.05) is 19.6 Å². The molecule has 28 heavy (non-hydrogen) atoms. The van der Waals surface area contributed by atoms with E-state index in [0.717, 1.165) is 50.4 Å². The molecule has 0 atom stereocenters. The first-order valence-corrected chi connectivity index (χ1v) is 10.2. The van der Waals surface area contributed by atoms with Gasteiger partial charge in [0.05, 0.1) is 6.54 Å². The predicted octanol–water partition coefficient (Wildman–Crippen LogP) is 3.51. The highest BCUT2D eigenvalue weighted by atomic mass is 16.1. The summed E-state index contributed by atoms with van der Waals surface area (Å²) in [5.41, 5.74) is 3.07. The van der Waals surface area contributed by atoms with Gasteiger partial charge in [-0.15, -0.1) is 0 Å². The van der Waals surface area contributed by atoms with Crippen molar-refractivity contribution >= 4 is 11.9 Å². The molecule has 0 radical (unpaired) electrons. The van der Waals surface area contributed by atoms with E-state index in [1.807, 2.05) is 30.3 Å². The van der Waals surface area contributed by atoms with Gasteiger partial charge in [-0.05, 0) is 43.0 Å². The second-order valence-corrected chi connectivity index (χ2v) is 6.66. The largest absolute Gasteiger partial charge is 0.357 e. The van der Waals surface area contributed by atoms with Gasteiger partial charge in [0.15, 0.2) is 5.96 Å². The number of amides is 1. The van der Waals surface area contributed by atoms with Gasteiger partial charge >= 0.3 is 0 Å². The zero-order valence-electron chi connectivity index (χ0n) is 17.0. The van der Waals surface area contributed by atoms with Crippen LogP contribution in [0.5, 0.6) is 0 Å². The molecule has 2 aromatic carbocycles. The lowest BCUT2D eigenvalue weighted by atomic mass is 10.1. The number of guanidine groups is 1. The molecule has 0 fully saturated rings. The minimum Gasteiger partial charge on any atom is -0.357 e.